The molecule has 0 bridgehead atoms. The molecule has 0 saturated heterocycles. The largest absolute Gasteiger partial charge is 0.198 e. The SMILES string of the molecule is C=CCSC[CH]C#N. The third kappa shape index (κ3) is 5.58. The molecule has 0 atom stereocenters. The lowest BCUT2D eigenvalue weighted by Gasteiger charge is -1.86. The Morgan fingerprint density at radius 2 is 2.38 bits per heavy atom. The Labute approximate surface area is 54.4 Å². The highest BCUT2D eigenvalue weighted by Gasteiger charge is 1.81. The van der Waals surface area contributed by atoms with Crippen molar-refractivity contribution in [3.8, 4) is 6.07 Å². The van der Waals surface area contributed by atoms with E-state index in [4.69, 9.17) is 5.26 Å². The average molecular weight is 126 g/mol. The summed E-state index contributed by atoms with van der Waals surface area (Å²) in [5, 5.41) is 8.02. The molecule has 0 saturated carbocycles. The van der Waals surface area contributed by atoms with Crippen molar-refractivity contribution < 1.29 is 0 Å². The Bertz CT molecular complexity index is 93.2. The van der Waals surface area contributed by atoms with Crippen molar-refractivity contribution in [2.24, 2.45) is 0 Å². The Morgan fingerprint density at radius 3 is 2.88 bits per heavy atom. The van der Waals surface area contributed by atoms with E-state index < -0.39 is 0 Å². The van der Waals surface area contributed by atoms with Crippen LogP contribution in [0.2, 0.25) is 0 Å². The zero-order chi connectivity index (χ0) is 6.24. The highest BCUT2D eigenvalue weighted by atomic mass is 32.2. The summed E-state index contributed by atoms with van der Waals surface area (Å²) in [6.07, 6.45) is 3.41. The van der Waals surface area contributed by atoms with Crippen LogP contribution in [0, 0.1) is 17.8 Å². The Morgan fingerprint density at radius 1 is 1.62 bits per heavy atom. The molecule has 0 rings (SSSR count). The minimum Gasteiger partial charge on any atom is -0.198 e. The van der Waals surface area contributed by atoms with Gasteiger partial charge in [0.15, 0.2) is 0 Å². The molecule has 0 fully saturated rings. The van der Waals surface area contributed by atoms with Gasteiger partial charge in [-0.1, -0.05) is 6.08 Å². The van der Waals surface area contributed by atoms with Gasteiger partial charge in [0.2, 0.25) is 0 Å². The van der Waals surface area contributed by atoms with Crippen LogP contribution in [0.5, 0.6) is 0 Å². The minimum atomic E-state index is 0.808. The third-order valence-electron chi connectivity index (χ3n) is 0.528. The summed E-state index contributed by atoms with van der Waals surface area (Å²) in [4.78, 5) is 0. The average Bonchev–Trinajstić information content (AvgIpc) is 1.81. The molecule has 1 radical (unpaired) electrons. The second-order valence-corrected chi connectivity index (χ2v) is 2.23. The summed E-state index contributed by atoms with van der Waals surface area (Å²) in [6.45, 7) is 3.54. The van der Waals surface area contributed by atoms with Gasteiger partial charge in [-0.3, -0.25) is 0 Å². The van der Waals surface area contributed by atoms with Crippen LogP contribution in [-0.2, 0) is 0 Å². The number of rotatable bonds is 4. The standard InChI is InChI=1S/C6H8NS/c1-2-5-8-6-3-4-7/h2-3H,1,5-6H2. The normalized spacial score (nSPS) is 7.88. The van der Waals surface area contributed by atoms with Crippen molar-refractivity contribution in [3.63, 3.8) is 0 Å². The zero-order valence-electron chi connectivity index (χ0n) is 4.63. The van der Waals surface area contributed by atoms with Gasteiger partial charge in [-0.15, -0.1) is 6.58 Å². The summed E-state index contributed by atoms with van der Waals surface area (Å²) in [5.74, 6) is 1.74. The lowest BCUT2D eigenvalue weighted by Crippen LogP contribution is -1.76. The molecular weight excluding hydrogens is 118 g/mol. The first-order chi connectivity index (χ1) is 3.91. The molecule has 0 aliphatic heterocycles. The summed E-state index contributed by atoms with van der Waals surface area (Å²) < 4.78 is 0. The monoisotopic (exact) mass is 126 g/mol. The second kappa shape index (κ2) is 6.58. The predicted octanol–water partition coefficient (Wildman–Crippen LogP) is 1.63. The van der Waals surface area contributed by atoms with E-state index in [1.807, 2.05) is 12.1 Å². The minimum absolute atomic E-state index is 0.808. The van der Waals surface area contributed by atoms with Crippen LogP contribution >= 0.6 is 11.8 Å². The molecule has 43 valence electrons. The van der Waals surface area contributed by atoms with Crippen molar-refractivity contribution in [2.75, 3.05) is 11.5 Å². The molecule has 2 heteroatoms. The molecule has 0 aliphatic rings. The summed E-state index contributed by atoms with van der Waals surface area (Å²) in [7, 11) is 0. The molecule has 0 heterocycles. The van der Waals surface area contributed by atoms with Crippen LogP contribution in [0.25, 0.3) is 0 Å². The van der Waals surface area contributed by atoms with Crippen molar-refractivity contribution in [2.45, 2.75) is 0 Å². The highest BCUT2D eigenvalue weighted by Crippen LogP contribution is 1.99. The number of nitrogens with zero attached hydrogens (tertiary/aromatic N) is 1. The van der Waals surface area contributed by atoms with E-state index in [2.05, 4.69) is 6.58 Å². The summed E-state index contributed by atoms with van der Waals surface area (Å²) in [6, 6.07) is 1.95. The first kappa shape index (κ1) is 7.58. The van der Waals surface area contributed by atoms with Gasteiger partial charge in [-0.25, -0.2) is 0 Å². The van der Waals surface area contributed by atoms with Gasteiger partial charge in [0, 0.05) is 11.5 Å². The maximum Gasteiger partial charge on any atom is 0.0720 e. The predicted molar refractivity (Wildman–Crippen MR) is 37.4 cm³/mol. The fourth-order valence-electron chi connectivity index (χ4n) is 0.248. The van der Waals surface area contributed by atoms with E-state index in [1.165, 1.54) is 0 Å². The highest BCUT2D eigenvalue weighted by molar-refractivity contribution is 7.99. The number of thioether (sulfide) groups is 1. The lowest BCUT2D eigenvalue weighted by molar-refractivity contribution is 1.46. The zero-order valence-corrected chi connectivity index (χ0v) is 5.45. The first-order valence-corrected chi connectivity index (χ1v) is 3.47. The van der Waals surface area contributed by atoms with Gasteiger partial charge in [-0.2, -0.15) is 17.0 Å². The summed E-state index contributed by atoms with van der Waals surface area (Å²) >= 11 is 1.68. The second-order valence-electron chi connectivity index (χ2n) is 1.16. The molecule has 0 aromatic rings. The Kier molecular flexibility index (Phi) is 6.23. The maximum absolute atomic E-state index is 8.02. The summed E-state index contributed by atoms with van der Waals surface area (Å²) in [5.41, 5.74) is 0. The third-order valence-corrected chi connectivity index (χ3v) is 1.40. The van der Waals surface area contributed by atoms with Gasteiger partial charge >= 0.3 is 0 Å². The topological polar surface area (TPSA) is 23.8 Å². The Hall–Kier alpha value is -0.420. The molecule has 0 aromatic carbocycles. The first-order valence-electron chi connectivity index (χ1n) is 2.31. The van der Waals surface area contributed by atoms with Crippen LogP contribution in [0.15, 0.2) is 12.7 Å². The molecule has 0 unspecified atom stereocenters. The molecule has 0 N–H and O–H groups in total. The molecule has 0 aliphatic carbocycles. The van der Waals surface area contributed by atoms with Crippen molar-refractivity contribution in [1.29, 1.82) is 5.26 Å². The number of hydrogen-bond acceptors (Lipinski definition) is 2. The van der Waals surface area contributed by atoms with Crippen molar-refractivity contribution in [1.82, 2.24) is 0 Å². The molecule has 8 heavy (non-hydrogen) atoms. The van der Waals surface area contributed by atoms with Crippen LogP contribution in [0.3, 0.4) is 0 Å². The van der Waals surface area contributed by atoms with Crippen molar-refractivity contribution in [3.05, 3.63) is 19.1 Å². The molecule has 1 nitrogen and oxygen atoms in total. The number of nitriles is 1. The van der Waals surface area contributed by atoms with Crippen LogP contribution < -0.4 is 0 Å². The van der Waals surface area contributed by atoms with E-state index in [0.717, 1.165) is 11.5 Å². The fraction of sp³-hybridized carbons (Fsp3) is 0.333. The van der Waals surface area contributed by atoms with E-state index in [9.17, 15) is 0 Å². The van der Waals surface area contributed by atoms with Gasteiger partial charge < -0.3 is 0 Å². The van der Waals surface area contributed by atoms with Gasteiger partial charge in [0.1, 0.15) is 0 Å². The van der Waals surface area contributed by atoms with Crippen molar-refractivity contribution >= 4 is 11.8 Å². The van der Waals surface area contributed by atoms with Crippen LogP contribution in [0.4, 0.5) is 0 Å². The van der Waals surface area contributed by atoms with Crippen LogP contribution in [0.1, 0.15) is 0 Å². The van der Waals surface area contributed by atoms with E-state index >= 15 is 0 Å². The fourth-order valence-corrected chi connectivity index (χ4v) is 0.743. The Balaban J connectivity index is 2.74. The smallest absolute Gasteiger partial charge is 0.0720 e. The molecule has 0 amide bonds. The maximum atomic E-state index is 8.02. The molecule has 0 aromatic heterocycles. The number of hydrogen-bond donors (Lipinski definition) is 0. The van der Waals surface area contributed by atoms with Gasteiger partial charge in [0.05, 0.1) is 12.5 Å². The van der Waals surface area contributed by atoms with E-state index in [0.29, 0.717) is 0 Å². The van der Waals surface area contributed by atoms with E-state index in [1.54, 1.807) is 18.2 Å². The van der Waals surface area contributed by atoms with Gasteiger partial charge in [0.25, 0.3) is 0 Å². The quantitative estimate of drug-likeness (QED) is 0.422. The van der Waals surface area contributed by atoms with Gasteiger partial charge in [-0.05, 0) is 0 Å². The van der Waals surface area contributed by atoms with Crippen LogP contribution in [-0.4, -0.2) is 11.5 Å². The van der Waals surface area contributed by atoms with E-state index in [-0.39, 0.29) is 0 Å². The molecular formula is C6H8NS. The molecule has 0 spiro atoms. The lowest BCUT2D eigenvalue weighted by atomic mass is 10.6.